The molecule has 4 nitrogen and oxygen atoms in total. The first-order valence-electron chi connectivity index (χ1n) is 5.06. The smallest absolute Gasteiger partial charge is 0.338 e. The number of hydrogen-bond acceptors (Lipinski definition) is 3. The van der Waals surface area contributed by atoms with Gasteiger partial charge in [-0.3, -0.25) is 4.79 Å². The lowest BCUT2D eigenvalue weighted by Gasteiger charge is -2.06. The van der Waals surface area contributed by atoms with Crippen molar-refractivity contribution in [2.75, 3.05) is 6.61 Å². The zero-order valence-electron chi connectivity index (χ0n) is 10.2. The first-order chi connectivity index (χ1) is 7.34. The number of aliphatic carboxylic acids is 1. The summed E-state index contributed by atoms with van der Waals surface area (Å²) in [7, 11) is 0. The molecule has 0 aliphatic carbocycles. The maximum Gasteiger partial charge on any atom is 0.338 e. The van der Waals surface area contributed by atoms with Gasteiger partial charge >= 0.3 is 11.9 Å². The van der Waals surface area contributed by atoms with Crippen LogP contribution in [-0.4, -0.2) is 23.7 Å². The minimum Gasteiger partial charge on any atom is -0.481 e. The maximum absolute atomic E-state index is 11.6. The molecule has 0 atom stereocenters. The molecular formula is C12H18O4. The van der Waals surface area contributed by atoms with Crippen LogP contribution in [0.3, 0.4) is 0 Å². The Labute approximate surface area is 95.6 Å². The minimum atomic E-state index is -0.978. The average molecular weight is 226 g/mol. The summed E-state index contributed by atoms with van der Waals surface area (Å²) in [4.78, 5) is 21.8. The molecule has 90 valence electrons. The van der Waals surface area contributed by atoms with E-state index >= 15 is 0 Å². The number of carbonyl (C=O) groups is 2. The van der Waals surface area contributed by atoms with Crippen LogP contribution in [0.25, 0.3) is 0 Å². The molecule has 4 heteroatoms. The predicted molar refractivity (Wildman–Crippen MR) is 61.0 cm³/mol. The average Bonchev–Trinajstić information content (AvgIpc) is 2.12. The number of carboxylic acid groups (broad SMARTS) is 1. The van der Waals surface area contributed by atoms with Crippen LogP contribution in [0.15, 0.2) is 22.8 Å². The van der Waals surface area contributed by atoms with Crippen molar-refractivity contribution >= 4 is 11.9 Å². The van der Waals surface area contributed by atoms with Gasteiger partial charge in [0.05, 0.1) is 12.0 Å². The van der Waals surface area contributed by atoms with E-state index in [1.807, 2.05) is 27.7 Å². The van der Waals surface area contributed by atoms with Crippen molar-refractivity contribution in [1.29, 1.82) is 0 Å². The van der Waals surface area contributed by atoms with Gasteiger partial charge in [0.25, 0.3) is 0 Å². The molecule has 0 aromatic rings. The highest BCUT2D eigenvalue weighted by Crippen LogP contribution is 2.10. The third-order valence-electron chi connectivity index (χ3n) is 1.74. The van der Waals surface area contributed by atoms with Crippen molar-refractivity contribution < 1.29 is 19.4 Å². The number of hydrogen-bond donors (Lipinski definition) is 1. The van der Waals surface area contributed by atoms with Crippen LogP contribution in [0.2, 0.25) is 0 Å². The van der Waals surface area contributed by atoms with Crippen LogP contribution in [0, 0.1) is 0 Å². The van der Waals surface area contributed by atoms with E-state index < -0.39 is 11.9 Å². The lowest BCUT2D eigenvalue weighted by Crippen LogP contribution is -2.11. The molecule has 0 saturated carbocycles. The Morgan fingerprint density at radius 3 is 2.12 bits per heavy atom. The highest BCUT2D eigenvalue weighted by Gasteiger charge is 2.10. The van der Waals surface area contributed by atoms with Crippen LogP contribution >= 0.6 is 0 Å². The molecule has 0 rings (SSSR count). The van der Waals surface area contributed by atoms with Crippen LogP contribution < -0.4 is 0 Å². The van der Waals surface area contributed by atoms with E-state index in [9.17, 15) is 9.59 Å². The van der Waals surface area contributed by atoms with Crippen molar-refractivity contribution in [3.63, 3.8) is 0 Å². The van der Waals surface area contributed by atoms with Gasteiger partial charge < -0.3 is 9.84 Å². The van der Waals surface area contributed by atoms with E-state index in [2.05, 4.69) is 0 Å². The number of esters is 1. The largest absolute Gasteiger partial charge is 0.481 e. The summed E-state index contributed by atoms with van der Waals surface area (Å²) in [6.07, 6.45) is 1.56. The first-order valence-corrected chi connectivity index (χ1v) is 5.06. The van der Waals surface area contributed by atoms with E-state index in [0.29, 0.717) is 5.57 Å². The molecule has 0 saturated heterocycles. The fraction of sp³-hybridized carbons (Fsp3) is 0.500. The van der Waals surface area contributed by atoms with Crippen LogP contribution in [0.1, 0.15) is 34.1 Å². The van der Waals surface area contributed by atoms with Gasteiger partial charge in [0, 0.05) is 0 Å². The molecule has 0 fully saturated rings. The quantitative estimate of drug-likeness (QED) is 0.444. The standard InChI is InChI=1S/C12H18O4/c1-8(2)7-10(9(3)4)12(15)16-6-5-11(13)14/h7H,5-6H2,1-4H3,(H,13,14). The monoisotopic (exact) mass is 226 g/mol. The van der Waals surface area contributed by atoms with Gasteiger partial charge in [-0.05, 0) is 33.8 Å². The zero-order valence-corrected chi connectivity index (χ0v) is 10.2. The highest BCUT2D eigenvalue weighted by molar-refractivity contribution is 5.92. The van der Waals surface area contributed by atoms with E-state index in [-0.39, 0.29) is 13.0 Å². The van der Waals surface area contributed by atoms with Crippen molar-refractivity contribution in [1.82, 2.24) is 0 Å². The Kier molecular flexibility index (Phi) is 6.15. The fourth-order valence-electron chi connectivity index (χ4n) is 1.00. The molecular weight excluding hydrogens is 208 g/mol. The van der Waals surface area contributed by atoms with Crippen molar-refractivity contribution in [2.24, 2.45) is 0 Å². The summed E-state index contributed by atoms with van der Waals surface area (Å²) in [5.41, 5.74) is 2.33. The van der Waals surface area contributed by atoms with Crippen molar-refractivity contribution in [2.45, 2.75) is 34.1 Å². The van der Waals surface area contributed by atoms with Crippen LogP contribution in [0.5, 0.6) is 0 Å². The lowest BCUT2D eigenvalue weighted by atomic mass is 10.1. The van der Waals surface area contributed by atoms with E-state index in [4.69, 9.17) is 9.84 Å². The maximum atomic E-state index is 11.6. The normalized spacial score (nSPS) is 9.25. The van der Waals surface area contributed by atoms with Crippen molar-refractivity contribution in [3.8, 4) is 0 Å². The number of rotatable bonds is 5. The molecule has 0 amide bonds. The van der Waals surface area contributed by atoms with Gasteiger partial charge in [0.1, 0.15) is 6.61 Å². The molecule has 0 heterocycles. The summed E-state index contributed by atoms with van der Waals surface area (Å²) in [6.45, 7) is 7.29. The Bertz CT molecular complexity index is 329. The van der Waals surface area contributed by atoms with E-state index in [1.165, 1.54) is 0 Å². The lowest BCUT2D eigenvalue weighted by molar-refractivity contribution is -0.143. The van der Waals surface area contributed by atoms with Crippen LogP contribution in [0.4, 0.5) is 0 Å². The molecule has 0 aromatic heterocycles. The fourth-order valence-corrected chi connectivity index (χ4v) is 1.00. The third kappa shape index (κ3) is 6.01. The Morgan fingerprint density at radius 1 is 1.19 bits per heavy atom. The number of allylic oxidation sites excluding steroid dienone is 2. The van der Waals surface area contributed by atoms with Gasteiger partial charge in [-0.15, -0.1) is 0 Å². The minimum absolute atomic E-state index is 0.0957. The predicted octanol–water partition coefficient (Wildman–Crippen LogP) is 2.31. The second-order valence-electron chi connectivity index (χ2n) is 3.92. The molecule has 0 unspecified atom stereocenters. The topological polar surface area (TPSA) is 63.6 Å². The van der Waals surface area contributed by atoms with Gasteiger partial charge in [-0.1, -0.05) is 11.1 Å². The number of carbonyl (C=O) groups excluding carboxylic acids is 1. The molecule has 0 aromatic carbocycles. The number of ether oxygens (including phenoxy) is 1. The Morgan fingerprint density at radius 2 is 1.75 bits per heavy atom. The summed E-state index contributed by atoms with van der Waals surface area (Å²) in [6, 6.07) is 0. The summed E-state index contributed by atoms with van der Waals surface area (Å²) < 4.78 is 4.85. The molecule has 16 heavy (non-hydrogen) atoms. The van der Waals surface area contributed by atoms with Crippen molar-refractivity contribution in [3.05, 3.63) is 22.8 Å². The third-order valence-corrected chi connectivity index (χ3v) is 1.74. The Hall–Kier alpha value is -1.58. The second-order valence-corrected chi connectivity index (χ2v) is 3.92. The molecule has 0 aliphatic heterocycles. The van der Waals surface area contributed by atoms with Crippen LogP contribution in [-0.2, 0) is 14.3 Å². The highest BCUT2D eigenvalue weighted by atomic mass is 16.5. The Balaban J connectivity index is 4.50. The SMILES string of the molecule is CC(C)=CC(C(=O)OCCC(=O)O)=C(C)C. The molecule has 1 N–H and O–H groups in total. The van der Waals surface area contributed by atoms with Gasteiger partial charge in [-0.2, -0.15) is 0 Å². The number of carboxylic acids is 1. The molecule has 0 bridgehead atoms. The first kappa shape index (κ1) is 14.4. The summed E-state index contributed by atoms with van der Waals surface area (Å²) in [5.74, 6) is -1.45. The zero-order chi connectivity index (χ0) is 12.7. The van der Waals surface area contributed by atoms with E-state index in [0.717, 1.165) is 11.1 Å². The molecule has 0 spiro atoms. The van der Waals surface area contributed by atoms with Gasteiger partial charge in [-0.25, -0.2) is 4.79 Å². The van der Waals surface area contributed by atoms with Gasteiger partial charge in [0.15, 0.2) is 0 Å². The second kappa shape index (κ2) is 6.82. The molecule has 0 radical (unpaired) electrons. The van der Waals surface area contributed by atoms with Gasteiger partial charge in [0.2, 0.25) is 0 Å². The summed E-state index contributed by atoms with van der Waals surface area (Å²) in [5, 5.41) is 8.40. The van der Waals surface area contributed by atoms with E-state index in [1.54, 1.807) is 6.08 Å². The summed E-state index contributed by atoms with van der Waals surface area (Å²) >= 11 is 0. The molecule has 0 aliphatic rings.